The van der Waals surface area contributed by atoms with Gasteiger partial charge in [0, 0.05) is 0 Å². The molecule has 0 N–H and O–H groups in total. The minimum absolute atomic E-state index is 0.966. The van der Waals surface area contributed by atoms with Crippen molar-refractivity contribution in [2.45, 2.75) is 174 Å². The molecule has 0 saturated heterocycles. The molecule has 0 saturated carbocycles. The van der Waals surface area contributed by atoms with E-state index in [9.17, 15) is 0 Å². The molecule has 0 rings (SSSR count). The van der Waals surface area contributed by atoms with Gasteiger partial charge in [0.15, 0.2) is 0 Å². The van der Waals surface area contributed by atoms with Gasteiger partial charge in [-0.1, -0.05) is 174 Å². The van der Waals surface area contributed by atoms with E-state index < -0.39 is 0 Å². The van der Waals surface area contributed by atoms with Crippen molar-refractivity contribution in [3.8, 4) is 0 Å². The summed E-state index contributed by atoms with van der Waals surface area (Å²) in [6.07, 6.45) is 37.7. The molecule has 0 heteroatoms. The fourth-order valence-electron chi connectivity index (χ4n) is 4.80. The van der Waals surface area contributed by atoms with Gasteiger partial charge in [-0.05, 0) is 18.8 Å². The largest absolute Gasteiger partial charge is 0.0845 e. The van der Waals surface area contributed by atoms with Gasteiger partial charge in [0.1, 0.15) is 0 Å². The molecule has 0 aliphatic heterocycles. The van der Waals surface area contributed by atoms with E-state index in [-0.39, 0.29) is 0 Å². The molecule has 0 bridgehead atoms. The van der Waals surface area contributed by atoms with Crippen LogP contribution < -0.4 is 0 Å². The normalized spacial score (nSPS) is 12.3. The molecule has 0 amide bonds. The van der Waals surface area contributed by atoms with Crippen LogP contribution in [-0.2, 0) is 0 Å². The van der Waals surface area contributed by atoms with Gasteiger partial charge in [0.2, 0.25) is 0 Å². The summed E-state index contributed by atoms with van der Waals surface area (Å²) in [6.45, 7) is 10.2. The van der Waals surface area contributed by atoms with Crippen LogP contribution in [0.4, 0.5) is 0 Å². The summed E-state index contributed by atoms with van der Waals surface area (Å²) in [5.74, 6) is 0.966. The topological polar surface area (TPSA) is 0 Å². The Labute approximate surface area is 193 Å². The summed E-state index contributed by atoms with van der Waals surface area (Å²) in [5.41, 5.74) is 0. The minimum Gasteiger partial charge on any atom is -0.0845 e. The zero-order valence-corrected chi connectivity index (χ0v) is 21.4. The number of allylic oxidation sites excluding steroid dienone is 1. The molecule has 0 aromatic carbocycles. The van der Waals surface area contributed by atoms with Gasteiger partial charge in [-0.25, -0.2) is 0 Å². The average molecular weight is 420 g/mol. The number of hydrogen-bond donors (Lipinski definition) is 0. The molecule has 0 aromatic heterocycles. The Hall–Kier alpha value is -0.260. The second kappa shape index (κ2) is 26.8. The standard InChI is InChI=1S/C30H59/c1-4-7-10-12-14-16-17-18-19-21-23-26-29-30(27-24-9-6-3)28-25-22-20-15-13-11-8-5-2/h3,6,30H,4-5,7-29H2,1-2H3. The second-order valence-electron chi connectivity index (χ2n) is 9.97. The average Bonchev–Trinajstić information content (AvgIpc) is 2.76. The molecule has 1 unspecified atom stereocenters. The molecule has 0 aromatic rings. The van der Waals surface area contributed by atoms with Crippen LogP contribution in [0.5, 0.6) is 0 Å². The van der Waals surface area contributed by atoms with Gasteiger partial charge in [0.25, 0.3) is 0 Å². The van der Waals surface area contributed by atoms with Crippen LogP contribution in [0.3, 0.4) is 0 Å². The molecule has 0 fully saturated rings. The van der Waals surface area contributed by atoms with Crippen LogP contribution in [0.25, 0.3) is 0 Å². The van der Waals surface area contributed by atoms with Crippen LogP contribution in [-0.4, -0.2) is 0 Å². The van der Waals surface area contributed by atoms with Crippen LogP contribution in [0, 0.1) is 12.5 Å². The number of rotatable bonds is 26. The van der Waals surface area contributed by atoms with Crippen molar-refractivity contribution in [2.24, 2.45) is 5.92 Å². The van der Waals surface area contributed by atoms with E-state index in [0.29, 0.717) is 0 Å². The van der Waals surface area contributed by atoms with Crippen LogP contribution in [0.1, 0.15) is 174 Å². The smallest absolute Gasteiger partial charge is 0.0348 e. The van der Waals surface area contributed by atoms with Gasteiger partial charge >= 0.3 is 0 Å². The molecular formula is C30H59. The van der Waals surface area contributed by atoms with Crippen LogP contribution >= 0.6 is 0 Å². The first-order valence-electron chi connectivity index (χ1n) is 14.4. The monoisotopic (exact) mass is 419 g/mol. The van der Waals surface area contributed by atoms with E-state index in [1.807, 2.05) is 6.08 Å². The van der Waals surface area contributed by atoms with Crippen molar-refractivity contribution in [1.29, 1.82) is 0 Å². The van der Waals surface area contributed by atoms with Gasteiger partial charge in [-0.2, -0.15) is 0 Å². The van der Waals surface area contributed by atoms with Crippen molar-refractivity contribution in [2.75, 3.05) is 0 Å². The molecule has 0 heterocycles. The molecule has 0 spiro atoms. The number of hydrogen-bond acceptors (Lipinski definition) is 0. The van der Waals surface area contributed by atoms with E-state index in [2.05, 4.69) is 13.8 Å². The van der Waals surface area contributed by atoms with Crippen LogP contribution in [0.15, 0.2) is 6.08 Å². The summed E-state index contributed by atoms with van der Waals surface area (Å²) in [6, 6.07) is 0. The highest BCUT2D eigenvalue weighted by molar-refractivity contribution is 4.66. The first-order chi connectivity index (χ1) is 14.8. The highest BCUT2D eigenvalue weighted by atomic mass is 14.1. The second-order valence-corrected chi connectivity index (χ2v) is 9.97. The Balaban J connectivity index is 3.59. The maximum atomic E-state index is 5.60. The summed E-state index contributed by atoms with van der Waals surface area (Å²) in [7, 11) is 0. The Morgan fingerprint density at radius 2 is 0.733 bits per heavy atom. The van der Waals surface area contributed by atoms with Crippen molar-refractivity contribution in [3.63, 3.8) is 0 Å². The predicted octanol–water partition coefficient (Wildman–Crippen LogP) is 11.4. The Kier molecular flexibility index (Phi) is 26.5. The van der Waals surface area contributed by atoms with Gasteiger partial charge in [0.05, 0.1) is 0 Å². The third kappa shape index (κ3) is 24.0. The summed E-state index contributed by atoms with van der Waals surface area (Å²) < 4.78 is 0. The molecule has 0 nitrogen and oxygen atoms in total. The lowest BCUT2D eigenvalue weighted by Gasteiger charge is -2.16. The third-order valence-corrected chi connectivity index (χ3v) is 6.92. The Bertz CT molecular complexity index is 305. The van der Waals surface area contributed by atoms with Gasteiger partial charge in [-0.3, -0.25) is 0 Å². The lowest BCUT2D eigenvalue weighted by atomic mass is 9.90. The van der Waals surface area contributed by atoms with E-state index in [0.717, 1.165) is 12.3 Å². The Morgan fingerprint density at radius 1 is 0.433 bits per heavy atom. The van der Waals surface area contributed by atoms with Crippen molar-refractivity contribution >= 4 is 0 Å². The maximum Gasteiger partial charge on any atom is -0.0348 e. The van der Waals surface area contributed by atoms with Crippen LogP contribution in [0.2, 0.25) is 0 Å². The fourth-order valence-corrected chi connectivity index (χ4v) is 4.80. The van der Waals surface area contributed by atoms with Crippen molar-refractivity contribution in [1.82, 2.24) is 0 Å². The lowest BCUT2D eigenvalue weighted by molar-refractivity contribution is 0.372. The van der Waals surface area contributed by atoms with E-state index in [1.54, 1.807) is 0 Å². The van der Waals surface area contributed by atoms with E-state index >= 15 is 0 Å². The molecule has 0 aliphatic rings. The quantitative estimate of drug-likeness (QED) is 0.122. The molecular weight excluding hydrogens is 360 g/mol. The summed E-state index contributed by atoms with van der Waals surface area (Å²) in [5, 5.41) is 0. The van der Waals surface area contributed by atoms with E-state index in [1.165, 1.54) is 154 Å². The first-order valence-corrected chi connectivity index (χ1v) is 14.4. The van der Waals surface area contributed by atoms with Crippen molar-refractivity contribution in [3.05, 3.63) is 12.7 Å². The summed E-state index contributed by atoms with van der Waals surface area (Å²) >= 11 is 0. The zero-order chi connectivity index (χ0) is 22.0. The molecule has 30 heavy (non-hydrogen) atoms. The summed E-state index contributed by atoms with van der Waals surface area (Å²) in [4.78, 5) is 0. The maximum absolute atomic E-state index is 5.60. The lowest BCUT2D eigenvalue weighted by Crippen LogP contribution is -2.01. The van der Waals surface area contributed by atoms with E-state index in [4.69, 9.17) is 6.58 Å². The number of unbranched alkanes of at least 4 members (excludes halogenated alkanes) is 19. The Morgan fingerprint density at radius 3 is 1.07 bits per heavy atom. The van der Waals surface area contributed by atoms with Gasteiger partial charge in [-0.15, -0.1) is 0 Å². The third-order valence-electron chi connectivity index (χ3n) is 6.92. The van der Waals surface area contributed by atoms with Crippen molar-refractivity contribution < 1.29 is 0 Å². The fraction of sp³-hybridized carbons (Fsp3) is 0.933. The SMILES string of the molecule is [CH]=CCCCC(CCCCCCCCCC)CCCCCCCCCCCCCC. The highest BCUT2D eigenvalue weighted by Gasteiger charge is 2.08. The first kappa shape index (κ1) is 29.7. The molecule has 0 aliphatic carbocycles. The predicted molar refractivity (Wildman–Crippen MR) is 139 cm³/mol. The molecule has 1 atom stereocenters. The minimum atomic E-state index is 0.966. The molecule has 1 radical (unpaired) electrons. The van der Waals surface area contributed by atoms with Gasteiger partial charge < -0.3 is 0 Å². The molecule has 179 valence electrons. The highest BCUT2D eigenvalue weighted by Crippen LogP contribution is 2.24. The zero-order valence-electron chi connectivity index (χ0n) is 21.4.